The molecule has 19 heavy (non-hydrogen) atoms. The van der Waals surface area contributed by atoms with Gasteiger partial charge >= 0.3 is 0 Å². The molecular weight excluding hydrogens is 330 g/mol. The maximum absolute atomic E-state index is 12.1. The molecule has 1 heterocycles. The van der Waals surface area contributed by atoms with Gasteiger partial charge in [0.15, 0.2) is 9.84 Å². The highest BCUT2D eigenvalue weighted by atomic mass is 79.9. The van der Waals surface area contributed by atoms with Crippen LogP contribution < -0.4 is 5.32 Å². The molecule has 1 N–H and O–H groups in total. The lowest BCUT2D eigenvalue weighted by molar-refractivity contribution is 0.596. The van der Waals surface area contributed by atoms with Crippen LogP contribution in [0.25, 0.3) is 0 Å². The Bertz CT molecular complexity index is 667. The number of anilines is 1. The molecule has 2 rings (SSSR count). The molecule has 1 aromatic heterocycles. The Kier molecular flexibility index (Phi) is 4.26. The molecule has 0 spiro atoms. The number of aromatic nitrogens is 2. The van der Waals surface area contributed by atoms with Gasteiger partial charge in [-0.25, -0.2) is 8.42 Å². The topological polar surface area (TPSA) is 64.0 Å². The van der Waals surface area contributed by atoms with Crippen LogP contribution in [0.1, 0.15) is 0 Å². The van der Waals surface area contributed by atoms with Crippen molar-refractivity contribution in [2.24, 2.45) is 7.05 Å². The fourth-order valence-electron chi connectivity index (χ4n) is 1.62. The van der Waals surface area contributed by atoms with E-state index >= 15 is 0 Å². The first kappa shape index (κ1) is 14.1. The van der Waals surface area contributed by atoms with Gasteiger partial charge in [-0.15, -0.1) is 0 Å². The summed E-state index contributed by atoms with van der Waals surface area (Å²) >= 11 is 3.27. The Hall–Kier alpha value is -1.34. The van der Waals surface area contributed by atoms with Crippen LogP contribution in [0.15, 0.2) is 46.0 Å². The van der Waals surface area contributed by atoms with Crippen LogP contribution in [0.5, 0.6) is 0 Å². The van der Waals surface area contributed by atoms with Crippen molar-refractivity contribution in [3.63, 3.8) is 0 Å². The second-order valence-electron chi connectivity index (χ2n) is 4.11. The fourth-order valence-corrected chi connectivity index (χ4v) is 3.37. The summed E-state index contributed by atoms with van der Waals surface area (Å²) in [6, 6.07) is 6.72. The average molecular weight is 344 g/mol. The second kappa shape index (κ2) is 5.75. The van der Waals surface area contributed by atoms with Crippen LogP contribution >= 0.6 is 15.9 Å². The molecule has 0 amide bonds. The Balaban J connectivity index is 1.98. The van der Waals surface area contributed by atoms with Crippen LogP contribution in [0.4, 0.5) is 5.69 Å². The van der Waals surface area contributed by atoms with Gasteiger partial charge < -0.3 is 5.32 Å². The molecule has 0 fully saturated rings. The van der Waals surface area contributed by atoms with Crippen LogP contribution in [0, 0.1) is 0 Å². The van der Waals surface area contributed by atoms with Crippen molar-refractivity contribution in [3.05, 3.63) is 41.1 Å². The minimum absolute atomic E-state index is 0.0400. The number of hydrogen-bond acceptors (Lipinski definition) is 4. The van der Waals surface area contributed by atoms with Gasteiger partial charge in [-0.1, -0.05) is 22.0 Å². The number of halogens is 1. The van der Waals surface area contributed by atoms with E-state index in [1.165, 1.54) is 0 Å². The first-order valence-corrected chi connectivity index (χ1v) is 8.13. The summed E-state index contributed by atoms with van der Waals surface area (Å²) in [4.78, 5) is 0.329. The van der Waals surface area contributed by atoms with Crippen LogP contribution in [0.3, 0.4) is 0 Å². The van der Waals surface area contributed by atoms with Gasteiger partial charge in [-0.2, -0.15) is 5.10 Å². The van der Waals surface area contributed by atoms with Gasteiger partial charge in [0.05, 0.1) is 22.5 Å². The molecule has 0 aliphatic rings. The molecule has 0 unspecified atom stereocenters. The largest absolute Gasteiger partial charge is 0.381 e. The lowest BCUT2D eigenvalue weighted by atomic mass is 10.4. The standard InChI is InChI=1S/C12H14BrN3O2S/c1-16-9-11(8-15-16)14-5-6-19(17,18)12-4-2-3-10(13)7-12/h2-4,7-9,14H,5-6H2,1H3. The summed E-state index contributed by atoms with van der Waals surface area (Å²) in [6.45, 7) is 0.348. The third-order valence-electron chi connectivity index (χ3n) is 2.56. The fraction of sp³-hybridized carbons (Fsp3) is 0.250. The molecule has 0 saturated carbocycles. The van der Waals surface area contributed by atoms with Crippen molar-refractivity contribution in [3.8, 4) is 0 Å². The highest BCUT2D eigenvalue weighted by Crippen LogP contribution is 2.17. The van der Waals surface area contributed by atoms with Gasteiger partial charge in [-0.05, 0) is 18.2 Å². The number of nitrogens with zero attached hydrogens (tertiary/aromatic N) is 2. The zero-order chi connectivity index (χ0) is 13.9. The normalized spacial score (nSPS) is 11.5. The smallest absolute Gasteiger partial charge is 0.180 e. The summed E-state index contributed by atoms with van der Waals surface area (Å²) in [5, 5.41) is 7.03. The lowest BCUT2D eigenvalue weighted by Crippen LogP contribution is -2.15. The minimum atomic E-state index is -3.27. The molecule has 0 atom stereocenters. The Morgan fingerprint density at radius 1 is 1.42 bits per heavy atom. The minimum Gasteiger partial charge on any atom is -0.381 e. The van der Waals surface area contributed by atoms with Crippen molar-refractivity contribution < 1.29 is 8.42 Å². The zero-order valence-corrected chi connectivity index (χ0v) is 12.8. The molecule has 0 radical (unpaired) electrons. The maximum Gasteiger partial charge on any atom is 0.180 e. The van der Waals surface area contributed by atoms with Gasteiger partial charge in [0.25, 0.3) is 0 Å². The average Bonchev–Trinajstić information content (AvgIpc) is 2.75. The van der Waals surface area contributed by atoms with Crippen molar-refractivity contribution >= 4 is 31.5 Å². The second-order valence-corrected chi connectivity index (χ2v) is 7.13. The molecule has 2 aromatic rings. The van der Waals surface area contributed by atoms with E-state index in [2.05, 4.69) is 26.3 Å². The summed E-state index contributed by atoms with van der Waals surface area (Å²) in [7, 11) is -1.46. The monoisotopic (exact) mass is 343 g/mol. The third-order valence-corrected chi connectivity index (χ3v) is 4.77. The molecular formula is C12H14BrN3O2S. The number of sulfone groups is 1. The first-order valence-electron chi connectivity index (χ1n) is 5.68. The SMILES string of the molecule is Cn1cc(NCCS(=O)(=O)c2cccc(Br)c2)cn1. The zero-order valence-electron chi connectivity index (χ0n) is 10.4. The van der Waals surface area contributed by atoms with Crippen molar-refractivity contribution in [2.45, 2.75) is 4.90 Å². The molecule has 0 bridgehead atoms. The predicted octanol–water partition coefficient (Wildman–Crippen LogP) is 2.07. The van der Waals surface area contributed by atoms with E-state index in [4.69, 9.17) is 0 Å². The van der Waals surface area contributed by atoms with Gasteiger partial charge in [-0.3, -0.25) is 4.68 Å². The summed E-state index contributed by atoms with van der Waals surface area (Å²) in [5.74, 6) is 0.0400. The van der Waals surface area contributed by atoms with Crippen molar-refractivity contribution in [1.29, 1.82) is 0 Å². The number of nitrogens with one attached hydrogen (secondary N) is 1. The van der Waals surface area contributed by atoms with E-state index < -0.39 is 9.84 Å². The molecule has 7 heteroatoms. The summed E-state index contributed by atoms with van der Waals surface area (Å²) in [6.07, 6.45) is 3.46. The number of aryl methyl sites for hydroxylation is 1. The summed E-state index contributed by atoms with van der Waals surface area (Å²) < 4.78 is 26.6. The molecule has 0 aliphatic carbocycles. The van der Waals surface area contributed by atoms with Crippen LogP contribution in [-0.2, 0) is 16.9 Å². The van der Waals surface area contributed by atoms with E-state index in [-0.39, 0.29) is 5.75 Å². The van der Waals surface area contributed by atoms with E-state index in [0.717, 1.165) is 10.2 Å². The first-order chi connectivity index (χ1) is 8.97. The maximum atomic E-state index is 12.1. The van der Waals surface area contributed by atoms with Crippen molar-refractivity contribution in [2.75, 3.05) is 17.6 Å². The van der Waals surface area contributed by atoms with Crippen LogP contribution in [-0.4, -0.2) is 30.5 Å². The predicted molar refractivity (Wildman–Crippen MR) is 77.9 cm³/mol. The Labute approximate surface area is 120 Å². The lowest BCUT2D eigenvalue weighted by Gasteiger charge is -2.06. The van der Waals surface area contributed by atoms with Crippen LogP contribution in [0.2, 0.25) is 0 Å². The van der Waals surface area contributed by atoms with E-state index in [1.54, 1.807) is 41.3 Å². The molecule has 0 saturated heterocycles. The van der Waals surface area contributed by atoms with Gasteiger partial charge in [0.2, 0.25) is 0 Å². The van der Waals surface area contributed by atoms with E-state index in [1.807, 2.05) is 7.05 Å². The Morgan fingerprint density at radius 2 is 2.21 bits per heavy atom. The highest BCUT2D eigenvalue weighted by molar-refractivity contribution is 9.10. The summed E-state index contributed by atoms with van der Waals surface area (Å²) in [5.41, 5.74) is 0.812. The molecule has 0 aliphatic heterocycles. The molecule has 102 valence electrons. The third kappa shape index (κ3) is 3.81. The number of hydrogen-bond donors (Lipinski definition) is 1. The highest BCUT2D eigenvalue weighted by Gasteiger charge is 2.14. The Morgan fingerprint density at radius 3 is 2.84 bits per heavy atom. The van der Waals surface area contributed by atoms with Gasteiger partial charge in [0.1, 0.15) is 0 Å². The van der Waals surface area contributed by atoms with Crippen molar-refractivity contribution in [1.82, 2.24) is 9.78 Å². The molecule has 5 nitrogen and oxygen atoms in total. The number of benzene rings is 1. The van der Waals surface area contributed by atoms with E-state index in [0.29, 0.717) is 11.4 Å². The molecule has 1 aromatic carbocycles. The van der Waals surface area contributed by atoms with E-state index in [9.17, 15) is 8.42 Å². The quantitative estimate of drug-likeness (QED) is 0.902. The van der Waals surface area contributed by atoms with Gasteiger partial charge in [0, 0.05) is 24.3 Å². The number of rotatable bonds is 5.